The lowest BCUT2D eigenvalue weighted by molar-refractivity contribution is 0.0691. The van der Waals surface area contributed by atoms with Crippen LogP contribution in [-0.2, 0) is 16.4 Å². The number of halogens is 1. The number of aromatic amines is 1. The number of hydrogen-bond acceptors (Lipinski definition) is 4. The number of piperazine rings is 1. The van der Waals surface area contributed by atoms with Gasteiger partial charge in [-0.3, -0.25) is 9.59 Å². The molecule has 154 valence electrons. The fourth-order valence-corrected chi connectivity index (χ4v) is 6.07. The summed E-state index contributed by atoms with van der Waals surface area (Å²) in [7, 11) is -3.60. The van der Waals surface area contributed by atoms with E-state index in [1.807, 2.05) is 0 Å². The van der Waals surface area contributed by atoms with Crippen molar-refractivity contribution in [3.63, 3.8) is 0 Å². The third kappa shape index (κ3) is 3.67. The zero-order valence-corrected chi connectivity index (χ0v) is 18.5. The van der Waals surface area contributed by atoms with Crippen LogP contribution in [-0.4, -0.2) is 60.5 Å². The van der Waals surface area contributed by atoms with Gasteiger partial charge >= 0.3 is 0 Å². The van der Waals surface area contributed by atoms with E-state index in [1.54, 1.807) is 36.1 Å². The maximum atomic E-state index is 13.0. The molecule has 4 rings (SSSR count). The topological polar surface area (TPSA) is 90.6 Å². The molecule has 1 amide bonds. The lowest BCUT2D eigenvalue weighted by Crippen LogP contribution is -2.50. The van der Waals surface area contributed by atoms with Crippen molar-refractivity contribution in [3.8, 4) is 0 Å². The smallest absolute Gasteiger partial charge is 0.270 e. The van der Waals surface area contributed by atoms with Crippen molar-refractivity contribution in [3.05, 3.63) is 51.3 Å². The number of nitrogens with zero attached hydrogens (tertiary/aromatic N) is 2. The van der Waals surface area contributed by atoms with E-state index >= 15 is 0 Å². The van der Waals surface area contributed by atoms with Gasteiger partial charge in [0.15, 0.2) is 5.78 Å². The van der Waals surface area contributed by atoms with E-state index in [4.69, 9.17) is 0 Å². The maximum absolute atomic E-state index is 13.0. The Hall–Kier alpha value is -1.97. The quantitative estimate of drug-likeness (QED) is 0.732. The molecule has 1 aliphatic heterocycles. The number of hydrogen-bond donors (Lipinski definition) is 1. The van der Waals surface area contributed by atoms with Crippen molar-refractivity contribution in [2.45, 2.75) is 31.1 Å². The lowest BCUT2D eigenvalue weighted by Gasteiger charge is -2.34. The predicted octanol–water partition coefficient (Wildman–Crippen LogP) is 2.75. The van der Waals surface area contributed by atoms with Gasteiger partial charge in [-0.05, 0) is 43.5 Å². The van der Waals surface area contributed by atoms with E-state index in [-0.39, 0.29) is 29.7 Å². The zero-order valence-electron chi connectivity index (χ0n) is 16.1. The Morgan fingerprint density at radius 3 is 2.52 bits per heavy atom. The van der Waals surface area contributed by atoms with Crippen molar-refractivity contribution < 1.29 is 18.0 Å². The number of sulfonamides is 1. The fraction of sp³-hybridized carbons (Fsp3) is 0.400. The molecule has 2 aromatic rings. The Labute approximate surface area is 178 Å². The first-order chi connectivity index (χ1) is 13.8. The standard InChI is InChI=1S/C20H22BrN3O4S/c1-13-18-16(6-3-7-17(18)25)22-19(13)20(26)23-8-10-24(11-9-23)29(27,28)15-5-2-4-14(21)12-15/h2,4-5,12,22H,3,6-11H2,1H3. The number of Topliss-reactive ketones (excluding diaryl/α,β-unsaturated/α-hetero) is 1. The van der Waals surface area contributed by atoms with Gasteiger partial charge in [-0.25, -0.2) is 8.42 Å². The molecule has 1 N–H and O–H groups in total. The molecule has 29 heavy (non-hydrogen) atoms. The van der Waals surface area contributed by atoms with E-state index in [1.165, 1.54) is 4.31 Å². The second-order valence-electron chi connectivity index (χ2n) is 7.41. The van der Waals surface area contributed by atoms with Crippen LogP contribution in [0.15, 0.2) is 33.6 Å². The summed E-state index contributed by atoms with van der Waals surface area (Å²) >= 11 is 3.30. The van der Waals surface area contributed by atoms with E-state index in [0.717, 1.165) is 18.5 Å². The number of nitrogens with one attached hydrogen (secondary N) is 1. The van der Waals surface area contributed by atoms with Crippen molar-refractivity contribution in [1.82, 2.24) is 14.2 Å². The first-order valence-electron chi connectivity index (χ1n) is 9.58. The molecule has 0 radical (unpaired) electrons. The molecule has 0 saturated carbocycles. The number of benzene rings is 1. The number of carbonyl (C=O) groups is 2. The molecule has 1 aliphatic carbocycles. The van der Waals surface area contributed by atoms with Gasteiger partial charge in [-0.2, -0.15) is 4.31 Å². The highest BCUT2D eigenvalue weighted by Gasteiger charge is 2.33. The number of fused-ring (bicyclic) bond motifs is 1. The van der Waals surface area contributed by atoms with Crippen LogP contribution in [0.2, 0.25) is 0 Å². The van der Waals surface area contributed by atoms with E-state index in [0.29, 0.717) is 40.8 Å². The average Bonchev–Trinajstić information content (AvgIpc) is 3.05. The summed E-state index contributed by atoms with van der Waals surface area (Å²) in [6, 6.07) is 6.62. The number of ketones is 1. The number of rotatable bonds is 3. The third-order valence-corrected chi connectivity index (χ3v) is 8.00. The molecule has 2 heterocycles. The zero-order chi connectivity index (χ0) is 20.8. The number of aryl methyl sites for hydroxylation is 1. The molecule has 0 bridgehead atoms. The van der Waals surface area contributed by atoms with Crippen LogP contribution in [0.5, 0.6) is 0 Å². The number of amides is 1. The van der Waals surface area contributed by atoms with Crippen molar-refractivity contribution in [1.29, 1.82) is 0 Å². The Morgan fingerprint density at radius 1 is 1.14 bits per heavy atom. The van der Waals surface area contributed by atoms with Gasteiger partial charge < -0.3 is 9.88 Å². The first kappa shape index (κ1) is 20.3. The number of carbonyl (C=O) groups excluding carboxylic acids is 2. The minimum atomic E-state index is -3.60. The third-order valence-electron chi connectivity index (χ3n) is 5.61. The van der Waals surface area contributed by atoms with Gasteiger partial charge in [0, 0.05) is 48.3 Å². The number of H-pyrrole nitrogens is 1. The van der Waals surface area contributed by atoms with Gasteiger partial charge in [-0.15, -0.1) is 0 Å². The highest BCUT2D eigenvalue weighted by Crippen LogP contribution is 2.28. The van der Waals surface area contributed by atoms with Crippen LogP contribution < -0.4 is 0 Å². The van der Waals surface area contributed by atoms with Crippen LogP contribution in [0.4, 0.5) is 0 Å². The number of aromatic nitrogens is 1. The van der Waals surface area contributed by atoms with E-state index < -0.39 is 10.0 Å². The molecular weight excluding hydrogens is 458 g/mol. The molecule has 7 nitrogen and oxygen atoms in total. The van der Waals surface area contributed by atoms with Crippen LogP contribution in [0.1, 0.15) is 44.9 Å². The summed E-state index contributed by atoms with van der Waals surface area (Å²) in [4.78, 5) is 30.3. The molecule has 1 aromatic heterocycles. The van der Waals surface area contributed by atoms with Gasteiger partial charge in [0.1, 0.15) is 5.69 Å². The maximum Gasteiger partial charge on any atom is 0.270 e. The SMILES string of the molecule is Cc1c(C(=O)N2CCN(S(=O)(=O)c3cccc(Br)c3)CC2)[nH]c2c1C(=O)CCC2. The summed E-state index contributed by atoms with van der Waals surface area (Å²) in [5.41, 5.74) is 2.67. The molecule has 0 atom stereocenters. The normalized spacial score (nSPS) is 18.0. The van der Waals surface area contributed by atoms with Gasteiger partial charge in [0.2, 0.25) is 10.0 Å². The largest absolute Gasteiger partial charge is 0.354 e. The first-order valence-corrected chi connectivity index (χ1v) is 11.8. The predicted molar refractivity (Wildman–Crippen MR) is 112 cm³/mol. The Kier molecular flexibility index (Phi) is 5.39. The second kappa shape index (κ2) is 7.70. The van der Waals surface area contributed by atoms with Crippen LogP contribution >= 0.6 is 15.9 Å². The van der Waals surface area contributed by atoms with Crippen molar-refractivity contribution in [2.24, 2.45) is 0 Å². The lowest BCUT2D eigenvalue weighted by atomic mass is 9.94. The molecule has 1 fully saturated rings. The van der Waals surface area contributed by atoms with Crippen LogP contribution in [0.3, 0.4) is 0 Å². The molecular formula is C20H22BrN3O4S. The monoisotopic (exact) mass is 479 g/mol. The minimum absolute atomic E-state index is 0.0870. The minimum Gasteiger partial charge on any atom is -0.354 e. The van der Waals surface area contributed by atoms with Gasteiger partial charge in [-0.1, -0.05) is 22.0 Å². The van der Waals surface area contributed by atoms with Crippen molar-refractivity contribution >= 4 is 37.6 Å². The molecule has 1 saturated heterocycles. The summed E-state index contributed by atoms with van der Waals surface area (Å²) in [6.45, 7) is 2.89. The summed E-state index contributed by atoms with van der Waals surface area (Å²) in [5, 5.41) is 0. The highest BCUT2D eigenvalue weighted by molar-refractivity contribution is 9.10. The Morgan fingerprint density at radius 2 is 1.86 bits per heavy atom. The van der Waals surface area contributed by atoms with Crippen molar-refractivity contribution in [2.75, 3.05) is 26.2 Å². The summed E-state index contributed by atoms with van der Waals surface area (Å²) in [5.74, 6) is -0.0896. The molecule has 0 unspecified atom stereocenters. The molecule has 0 spiro atoms. The Bertz CT molecular complexity index is 1090. The summed E-state index contributed by atoms with van der Waals surface area (Å²) < 4.78 is 27.8. The van der Waals surface area contributed by atoms with Crippen LogP contribution in [0.25, 0.3) is 0 Å². The molecule has 9 heteroatoms. The van der Waals surface area contributed by atoms with Gasteiger partial charge in [0.05, 0.1) is 4.90 Å². The molecule has 1 aromatic carbocycles. The van der Waals surface area contributed by atoms with E-state index in [9.17, 15) is 18.0 Å². The molecule has 2 aliphatic rings. The fourth-order valence-electron chi connectivity index (χ4n) is 4.05. The average molecular weight is 480 g/mol. The summed E-state index contributed by atoms with van der Waals surface area (Å²) in [6.07, 6.45) is 2.09. The second-order valence-corrected chi connectivity index (χ2v) is 10.3. The van der Waals surface area contributed by atoms with Gasteiger partial charge in [0.25, 0.3) is 5.91 Å². The Balaban J connectivity index is 1.49. The highest BCUT2D eigenvalue weighted by atomic mass is 79.9. The van der Waals surface area contributed by atoms with Crippen LogP contribution in [0, 0.1) is 6.92 Å². The van der Waals surface area contributed by atoms with E-state index in [2.05, 4.69) is 20.9 Å².